The van der Waals surface area contributed by atoms with Crippen LogP contribution in [0.5, 0.6) is 0 Å². The highest BCUT2D eigenvalue weighted by atomic mass is 14.3. The second kappa shape index (κ2) is 4.16. The second-order valence-corrected chi connectivity index (χ2v) is 4.98. The topological polar surface area (TPSA) is 0 Å². The van der Waals surface area contributed by atoms with Gasteiger partial charge >= 0.3 is 0 Å². The first-order valence-electron chi connectivity index (χ1n) is 5.79. The minimum absolute atomic E-state index is 0.933. The third kappa shape index (κ3) is 2.17. The fourth-order valence-electron chi connectivity index (χ4n) is 2.73. The van der Waals surface area contributed by atoms with Gasteiger partial charge in [-0.2, -0.15) is 0 Å². The fourth-order valence-corrected chi connectivity index (χ4v) is 2.73. The largest absolute Gasteiger partial charge is 0.0622 e. The zero-order valence-corrected chi connectivity index (χ0v) is 9.24. The molecule has 1 aliphatic carbocycles. The molecule has 0 heteroatoms. The van der Waals surface area contributed by atoms with Gasteiger partial charge in [0, 0.05) is 0 Å². The van der Waals surface area contributed by atoms with Crippen molar-refractivity contribution >= 4 is 0 Å². The van der Waals surface area contributed by atoms with E-state index in [-0.39, 0.29) is 0 Å². The summed E-state index contributed by atoms with van der Waals surface area (Å²) in [4.78, 5) is 0. The Morgan fingerprint density at radius 2 is 1.57 bits per heavy atom. The predicted molar refractivity (Wildman–Crippen MR) is 61.2 cm³/mol. The van der Waals surface area contributed by atoms with E-state index in [2.05, 4.69) is 44.2 Å². The molecule has 0 bridgehead atoms. The monoisotopic (exact) mass is 188 g/mol. The maximum Gasteiger partial charge on any atom is -0.0250 e. The molecule has 2 atom stereocenters. The average Bonchev–Trinajstić information content (AvgIpc) is 2.47. The SMILES string of the molecule is C[C@@H]1CC(Cc2ccccc2)C[C@H]1C. The van der Waals surface area contributed by atoms with Crippen LogP contribution in [0, 0.1) is 17.8 Å². The molecule has 1 aromatic carbocycles. The molecule has 0 aliphatic heterocycles. The van der Waals surface area contributed by atoms with E-state index >= 15 is 0 Å². The zero-order chi connectivity index (χ0) is 9.97. The molecule has 76 valence electrons. The molecule has 2 rings (SSSR count). The van der Waals surface area contributed by atoms with Crippen molar-refractivity contribution in [1.82, 2.24) is 0 Å². The Labute approximate surface area is 87.3 Å². The van der Waals surface area contributed by atoms with Crippen molar-refractivity contribution in [2.45, 2.75) is 33.1 Å². The molecular weight excluding hydrogens is 168 g/mol. The van der Waals surface area contributed by atoms with Crippen LogP contribution in [-0.4, -0.2) is 0 Å². The van der Waals surface area contributed by atoms with E-state index in [4.69, 9.17) is 0 Å². The molecule has 0 aromatic heterocycles. The fraction of sp³-hybridized carbons (Fsp3) is 0.571. The molecule has 0 amide bonds. The summed E-state index contributed by atoms with van der Waals surface area (Å²) in [6.07, 6.45) is 4.14. The molecule has 1 saturated carbocycles. The van der Waals surface area contributed by atoms with Crippen molar-refractivity contribution in [2.75, 3.05) is 0 Å². The van der Waals surface area contributed by atoms with E-state index in [1.807, 2.05) is 0 Å². The quantitative estimate of drug-likeness (QED) is 0.660. The maximum atomic E-state index is 2.40. The number of benzene rings is 1. The zero-order valence-electron chi connectivity index (χ0n) is 9.24. The van der Waals surface area contributed by atoms with E-state index < -0.39 is 0 Å². The van der Waals surface area contributed by atoms with Crippen LogP contribution in [0.1, 0.15) is 32.3 Å². The van der Waals surface area contributed by atoms with Gasteiger partial charge in [0.15, 0.2) is 0 Å². The highest BCUT2D eigenvalue weighted by molar-refractivity contribution is 5.15. The van der Waals surface area contributed by atoms with Gasteiger partial charge in [-0.15, -0.1) is 0 Å². The molecular formula is C14H20. The van der Waals surface area contributed by atoms with Crippen LogP contribution >= 0.6 is 0 Å². The van der Waals surface area contributed by atoms with Gasteiger partial charge in [-0.3, -0.25) is 0 Å². The first-order chi connectivity index (χ1) is 6.75. The lowest BCUT2D eigenvalue weighted by Crippen LogP contribution is -1.99. The van der Waals surface area contributed by atoms with Gasteiger partial charge in [-0.05, 0) is 42.6 Å². The van der Waals surface area contributed by atoms with Crippen LogP contribution in [0.2, 0.25) is 0 Å². The normalized spacial score (nSPS) is 28.1. The number of rotatable bonds is 2. The number of hydrogen-bond acceptors (Lipinski definition) is 0. The van der Waals surface area contributed by atoms with Crippen molar-refractivity contribution in [3.63, 3.8) is 0 Å². The van der Waals surface area contributed by atoms with Crippen molar-refractivity contribution in [3.05, 3.63) is 35.9 Å². The third-order valence-corrected chi connectivity index (χ3v) is 3.75. The highest BCUT2D eigenvalue weighted by Gasteiger charge is 2.27. The minimum atomic E-state index is 0.933. The summed E-state index contributed by atoms with van der Waals surface area (Å²) in [5.41, 5.74) is 1.51. The Kier molecular flexibility index (Phi) is 2.90. The summed E-state index contributed by atoms with van der Waals surface area (Å²) in [5.74, 6) is 2.80. The first-order valence-corrected chi connectivity index (χ1v) is 5.79. The van der Waals surface area contributed by atoms with Gasteiger partial charge in [0.2, 0.25) is 0 Å². The van der Waals surface area contributed by atoms with Crippen LogP contribution in [0.15, 0.2) is 30.3 Å². The van der Waals surface area contributed by atoms with Gasteiger partial charge < -0.3 is 0 Å². The molecule has 0 N–H and O–H groups in total. The lowest BCUT2D eigenvalue weighted by molar-refractivity contribution is 0.457. The first kappa shape index (κ1) is 9.76. The molecule has 1 fully saturated rings. The summed E-state index contributed by atoms with van der Waals surface area (Å²) in [6, 6.07) is 10.9. The van der Waals surface area contributed by atoms with Crippen LogP contribution in [0.25, 0.3) is 0 Å². The van der Waals surface area contributed by atoms with Crippen LogP contribution in [0.3, 0.4) is 0 Å². The Morgan fingerprint density at radius 1 is 1.00 bits per heavy atom. The summed E-state index contributed by atoms with van der Waals surface area (Å²) < 4.78 is 0. The lowest BCUT2D eigenvalue weighted by Gasteiger charge is -2.08. The number of hydrogen-bond donors (Lipinski definition) is 0. The molecule has 1 aliphatic rings. The average molecular weight is 188 g/mol. The van der Waals surface area contributed by atoms with Crippen LogP contribution in [0.4, 0.5) is 0 Å². The highest BCUT2D eigenvalue weighted by Crippen LogP contribution is 2.37. The molecule has 0 unspecified atom stereocenters. The van der Waals surface area contributed by atoms with E-state index in [9.17, 15) is 0 Å². The predicted octanol–water partition coefficient (Wildman–Crippen LogP) is 3.91. The molecule has 0 saturated heterocycles. The van der Waals surface area contributed by atoms with E-state index in [0.29, 0.717) is 0 Å². The van der Waals surface area contributed by atoms with Crippen LogP contribution in [-0.2, 0) is 6.42 Å². The van der Waals surface area contributed by atoms with Gasteiger partial charge in [-0.1, -0.05) is 44.2 Å². The van der Waals surface area contributed by atoms with Gasteiger partial charge in [0.1, 0.15) is 0 Å². The molecule has 0 spiro atoms. The summed E-state index contributed by atoms with van der Waals surface area (Å²) in [5, 5.41) is 0. The molecule has 1 aromatic rings. The molecule has 0 heterocycles. The smallest absolute Gasteiger partial charge is 0.0250 e. The van der Waals surface area contributed by atoms with E-state index in [0.717, 1.165) is 17.8 Å². The van der Waals surface area contributed by atoms with Crippen LogP contribution < -0.4 is 0 Å². The Hall–Kier alpha value is -0.780. The van der Waals surface area contributed by atoms with Gasteiger partial charge in [-0.25, -0.2) is 0 Å². The minimum Gasteiger partial charge on any atom is -0.0622 e. The Balaban J connectivity index is 1.94. The standard InChI is InChI=1S/C14H20/c1-11-8-14(9-12(11)2)10-13-6-4-3-5-7-13/h3-7,11-12,14H,8-10H2,1-2H3/t11-,12-/m1/s1. The van der Waals surface area contributed by atoms with Crippen molar-refractivity contribution in [3.8, 4) is 0 Å². The van der Waals surface area contributed by atoms with Gasteiger partial charge in [0.05, 0.1) is 0 Å². The van der Waals surface area contributed by atoms with Crippen molar-refractivity contribution in [1.29, 1.82) is 0 Å². The Bertz CT molecular complexity index is 265. The second-order valence-electron chi connectivity index (χ2n) is 4.98. The van der Waals surface area contributed by atoms with Gasteiger partial charge in [0.25, 0.3) is 0 Å². The molecule has 14 heavy (non-hydrogen) atoms. The summed E-state index contributed by atoms with van der Waals surface area (Å²) in [6.45, 7) is 4.80. The van der Waals surface area contributed by atoms with Crippen molar-refractivity contribution < 1.29 is 0 Å². The van der Waals surface area contributed by atoms with E-state index in [1.165, 1.54) is 24.8 Å². The lowest BCUT2D eigenvalue weighted by atomic mass is 9.97. The van der Waals surface area contributed by atoms with Crippen molar-refractivity contribution in [2.24, 2.45) is 17.8 Å². The molecule has 0 nitrogen and oxygen atoms in total. The Morgan fingerprint density at radius 3 is 2.14 bits per heavy atom. The summed E-state index contributed by atoms with van der Waals surface area (Å²) >= 11 is 0. The molecule has 0 radical (unpaired) electrons. The summed E-state index contributed by atoms with van der Waals surface area (Å²) in [7, 11) is 0. The third-order valence-electron chi connectivity index (χ3n) is 3.75. The maximum absolute atomic E-state index is 2.40. The van der Waals surface area contributed by atoms with E-state index in [1.54, 1.807) is 0 Å².